The monoisotopic (exact) mass is 306 g/mol. The van der Waals surface area contributed by atoms with Gasteiger partial charge in [0.15, 0.2) is 0 Å². The molecular weight excluding hydrogens is 287 g/mol. The maximum absolute atomic E-state index is 13.5. The smallest absolute Gasteiger partial charge is 0.256 e. The number of alkyl halides is 1. The number of primary amides is 1. The summed E-state index contributed by atoms with van der Waals surface area (Å²) in [7, 11) is 0. The molecule has 2 heterocycles. The fraction of sp³-hybridized carbons (Fsp3) is 0.533. The van der Waals surface area contributed by atoms with Crippen molar-refractivity contribution in [2.75, 3.05) is 18.4 Å². The van der Waals surface area contributed by atoms with Gasteiger partial charge in [0.1, 0.15) is 18.0 Å². The van der Waals surface area contributed by atoms with Crippen molar-refractivity contribution in [1.29, 1.82) is 0 Å². The quantitative estimate of drug-likeness (QED) is 0.847. The number of likely N-dealkylation sites (tertiary alicyclic amines) is 1. The SMILES string of the molecule is NC(=O)[C@@H]1C[C@@H](F)CN1C(=O)c1ccc(NCC2CC2)nc1. The van der Waals surface area contributed by atoms with Crippen molar-refractivity contribution >= 4 is 17.6 Å². The first-order chi connectivity index (χ1) is 10.5. The third-order valence-electron chi connectivity index (χ3n) is 4.12. The van der Waals surface area contributed by atoms with Crippen LogP contribution >= 0.6 is 0 Å². The maximum Gasteiger partial charge on any atom is 0.256 e. The van der Waals surface area contributed by atoms with E-state index in [0.29, 0.717) is 11.4 Å². The lowest BCUT2D eigenvalue weighted by Gasteiger charge is -2.21. The molecule has 0 aromatic carbocycles. The van der Waals surface area contributed by atoms with Gasteiger partial charge in [-0.15, -0.1) is 0 Å². The summed E-state index contributed by atoms with van der Waals surface area (Å²) >= 11 is 0. The number of hydrogen-bond acceptors (Lipinski definition) is 4. The summed E-state index contributed by atoms with van der Waals surface area (Å²) in [5, 5.41) is 3.21. The molecule has 0 radical (unpaired) electrons. The Morgan fingerprint density at radius 2 is 2.18 bits per heavy atom. The molecule has 1 aliphatic heterocycles. The molecule has 1 aliphatic carbocycles. The van der Waals surface area contributed by atoms with Crippen molar-refractivity contribution in [2.24, 2.45) is 11.7 Å². The van der Waals surface area contributed by atoms with Gasteiger partial charge in [-0.05, 0) is 30.9 Å². The number of aromatic nitrogens is 1. The molecule has 1 saturated carbocycles. The minimum Gasteiger partial charge on any atom is -0.370 e. The number of rotatable bonds is 5. The van der Waals surface area contributed by atoms with Crippen LogP contribution in [0.3, 0.4) is 0 Å². The highest BCUT2D eigenvalue weighted by Crippen LogP contribution is 2.28. The van der Waals surface area contributed by atoms with E-state index >= 15 is 0 Å². The van der Waals surface area contributed by atoms with Crippen LogP contribution in [0.4, 0.5) is 10.2 Å². The summed E-state index contributed by atoms with van der Waals surface area (Å²) in [5.41, 5.74) is 5.57. The van der Waals surface area contributed by atoms with E-state index in [1.807, 2.05) is 0 Å². The summed E-state index contributed by atoms with van der Waals surface area (Å²) in [6.45, 7) is 0.786. The molecule has 0 unspecified atom stereocenters. The molecule has 118 valence electrons. The van der Waals surface area contributed by atoms with Crippen LogP contribution in [0.5, 0.6) is 0 Å². The normalized spacial score (nSPS) is 24.3. The van der Waals surface area contributed by atoms with Crippen molar-refractivity contribution in [3.8, 4) is 0 Å². The largest absolute Gasteiger partial charge is 0.370 e. The molecule has 1 aromatic heterocycles. The molecule has 2 atom stereocenters. The number of halogens is 1. The molecule has 3 rings (SSSR count). The summed E-state index contributed by atoms with van der Waals surface area (Å²) in [4.78, 5) is 29.1. The lowest BCUT2D eigenvalue weighted by Crippen LogP contribution is -2.43. The molecule has 0 spiro atoms. The Kier molecular flexibility index (Phi) is 3.96. The molecule has 7 heteroatoms. The van der Waals surface area contributed by atoms with E-state index < -0.39 is 24.0 Å². The highest BCUT2D eigenvalue weighted by Gasteiger charge is 2.39. The number of nitrogens with zero attached hydrogens (tertiary/aromatic N) is 2. The maximum atomic E-state index is 13.5. The highest BCUT2D eigenvalue weighted by molar-refractivity contribution is 5.97. The Hall–Kier alpha value is -2.18. The van der Waals surface area contributed by atoms with Crippen molar-refractivity contribution in [3.05, 3.63) is 23.9 Å². The standard InChI is InChI=1S/C15H19FN4O2/c16-11-5-12(14(17)21)20(8-11)15(22)10-3-4-13(19-7-10)18-6-9-1-2-9/h3-4,7,9,11-12H,1-2,5-6,8H2,(H2,17,21)(H,18,19)/t11-,12+/m1/s1. The lowest BCUT2D eigenvalue weighted by atomic mass is 10.2. The number of carbonyl (C=O) groups excluding carboxylic acids is 2. The summed E-state index contributed by atoms with van der Waals surface area (Å²) < 4.78 is 13.5. The van der Waals surface area contributed by atoms with E-state index in [9.17, 15) is 14.0 Å². The second-order valence-electron chi connectivity index (χ2n) is 5.97. The van der Waals surface area contributed by atoms with Gasteiger partial charge in [-0.1, -0.05) is 0 Å². The molecule has 1 aromatic rings. The lowest BCUT2D eigenvalue weighted by molar-refractivity contribution is -0.121. The number of nitrogens with one attached hydrogen (secondary N) is 1. The van der Waals surface area contributed by atoms with Crippen LogP contribution in [-0.4, -0.2) is 47.0 Å². The Labute approximate surface area is 127 Å². The minimum atomic E-state index is -1.21. The fourth-order valence-electron chi connectivity index (χ4n) is 2.64. The minimum absolute atomic E-state index is 0.0322. The predicted octanol–water partition coefficient (Wildman–Crippen LogP) is 0.941. The number of anilines is 1. The van der Waals surface area contributed by atoms with Gasteiger partial charge >= 0.3 is 0 Å². The van der Waals surface area contributed by atoms with Crippen LogP contribution in [0, 0.1) is 5.92 Å². The summed E-state index contributed by atoms with van der Waals surface area (Å²) in [5.74, 6) is 0.347. The molecule has 22 heavy (non-hydrogen) atoms. The Morgan fingerprint density at radius 1 is 1.41 bits per heavy atom. The Morgan fingerprint density at radius 3 is 2.77 bits per heavy atom. The van der Waals surface area contributed by atoms with Crippen molar-refractivity contribution in [2.45, 2.75) is 31.5 Å². The van der Waals surface area contributed by atoms with Crippen LogP contribution < -0.4 is 11.1 Å². The number of amides is 2. The molecule has 2 aliphatic rings. The van der Waals surface area contributed by atoms with Crippen LogP contribution in [0.15, 0.2) is 18.3 Å². The predicted molar refractivity (Wildman–Crippen MR) is 79.0 cm³/mol. The fourth-order valence-corrected chi connectivity index (χ4v) is 2.64. The topological polar surface area (TPSA) is 88.3 Å². The molecule has 0 bridgehead atoms. The average Bonchev–Trinajstić information content (AvgIpc) is 3.25. The van der Waals surface area contributed by atoms with E-state index in [1.165, 1.54) is 23.9 Å². The van der Waals surface area contributed by atoms with Gasteiger partial charge in [0.2, 0.25) is 5.91 Å². The molecule has 2 amide bonds. The second kappa shape index (κ2) is 5.90. The van der Waals surface area contributed by atoms with E-state index in [2.05, 4.69) is 10.3 Å². The van der Waals surface area contributed by atoms with Gasteiger partial charge < -0.3 is 16.0 Å². The number of carbonyl (C=O) groups is 2. The molecule has 2 fully saturated rings. The van der Waals surface area contributed by atoms with Crippen LogP contribution in [0.25, 0.3) is 0 Å². The summed E-state index contributed by atoms with van der Waals surface area (Å²) in [6.07, 6.45) is 2.69. The highest BCUT2D eigenvalue weighted by atomic mass is 19.1. The number of pyridine rings is 1. The van der Waals surface area contributed by atoms with Crippen molar-refractivity contribution in [3.63, 3.8) is 0 Å². The van der Waals surface area contributed by atoms with Gasteiger partial charge in [-0.25, -0.2) is 9.37 Å². The first kappa shape index (κ1) is 14.7. The first-order valence-electron chi connectivity index (χ1n) is 7.49. The number of nitrogens with two attached hydrogens (primary N) is 1. The van der Waals surface area contributed by atoms with Gasteiger partial charge in [0.25, 0.3) is 5.91 Å². The summed E-state index contributed by atoms with van der Waals surface area (Å²) in [6, 6.07) is 2.47. The van der Waals surface area contributed by atoms with Gasteiger partial charge in [0.05, 0.1) is 12.1 Å². The molecular formula is C15H19FN4O2. The van der Waals surface area contributed by atoms with Gasteiger partial charge in [-0.2, -0.15) is 0 Å². The van der Waals surface area contributed by atoms with E-state index in [0.717, 1.165) is 12.5 Å². The third-order valence-corrected chi connectivity index (χ3v) is 4.12. The van der Waals surface area contributed by atoms with Crippen molar-refractivity contribution < 1.29 is 14.0 Å². The van der Waals surface area contributed by atoms with Crippen LogP contribution in [0.1, 0.15) is 29.6 Å². The van der Waals surface area contributed by atoms with E-state index in [1.54, 1.807) is 12.1 Å². The van der Waals surface area contributed by atoms with E-state index in [-0.39, 0.29) is 13.0 Å². The number of hydrogen-bond donors (Lipinski definition) is 2. The zero-order valence-electron chi connectivity index (χ0n) is 12.2. The zero-order valence-corrected chi connectivity index (χ0v) is 12.2. The van der Waals surface area contributed by atoms with Crippen LogP contribution in [-0.2, 0) is 4.79 Å². The Bertz CT molecular complexity index is 573. The molecule has 3 N–H and O–H groups in total. The van der Waals surface area contributed by atoms with Crippen molar-refractivity contribution in [1.82, 2.24) is 9.88 Å². The third kappa shape index (κ3) is 3.18. The average molecular weight is 306 g/mol. The second-order valence-corrected chi connectivity index (χ2v) is 5.97. The molecule has 1 saturated heterocycles. The van der Waals surface area contributed by atoms with Gasteiger partial charge in [0, 0.05) is 19.2 Å². The Balaban J connectivity index is 1.66. The molecule has 6 nitrogen and oxygen atoms in total. The van der Waals surface area contributed by atoms with Gasteiger partial charge in [-0.3, -0.25) is 9.59 Å². The van der Waals surface area contributed by atoms with Crippen LogP contribution in [0.2, 0.25) is 0 Å². The van der Waals surface area contributed by atoms with E-state index in [4.69, 9.17) is 5.73 Å². The zero-order chi connectivity index (χ0) is 15.7. The first-order valence-corrected chi connectivity index (χ1v) is 7.49.